The molecule has 1 rings (SSSR count). The largest absolute Gasteiger partial charge is 0.385 e. The molecule has 0 saturated heterocycles. The normalized spacial score (nSPS) is 33.2. The van der Waals surface area contributed by atoms with Crippen molar-refractivity contribution in [2.24, 2.45) is 0 Å². The molecule has 1 aliphatic carbocycles. The van der Waals surface area contributed by atoms with Crippen molar-refractivity contribution in [2.75, 3.05) is 14.2 Å². The van der Waals surface area contributed by atoms with Crippen LogP contribution in [0.3, 0.4) is 0 Å². The molecule has 3 nitrogen and oxygen atoms in total. The van der Waals surface area contributed by atoms with E-state index in [-0.39, 0.29) is 16.5 Å². The number of allylic oxidation sites excluding steroid dienone is 1. The highest BCUT2D eigenvalue weighted by atomic mass is 35.5. The molecule has 0 aromatic rings. The standard InChI is InChI=1S/C10H13Cl3O3/c1-4-5-9(13)8(14)6(11)7(12)10(9,15-2)16-3/h4,8,14H,1,5H2,2-3H3/t8-,9-/m0/s1. The van der Waals surface area contributed by atoms with Gasteiger partial charge in [0.15, 0.2) is 0 Å². The van der Waals surface area contributed by atoms with E-state index in [9.17, 15) is 5.11 Å². The molecule has 0 amide bonds. The van der Waals surface area contributed by atoms with E-state index in [1.54, 1.807) is 6.08 Å². The van der Waals surface area contributed by atoms with Crippen LogP contribution < -0.4 is 0 Å². The van der Waals surface area contributed by atoms with Crippen LogP contribution >= 0.6 is 34.8 Å². The number of methoxy groups -OCH3 is 2. The maximum atomic E-state index is 10.0. The smallest absolute Gasteiger partial charge is 0.229 e. The lowest BCUT2D eigenvalue weighted by Gasteiger charge is -2.40. The summed E-state index contributed by atoms with van der Waals surface area (Å²) in [6.45, 7) is 3.58. The van der Waals surface area contributed by atoms with Gasteiger partial charge in [-0.1, -0.05) is 29.3 Å². The van der Waals surface area contributed by atoms with Gasteiger partial charge in [-0.15, -0.1) is 18.2 Å². The summed E-state index contributed by atoms with van der Waals surface area (Å²) in [6.07, 6.45) is 0.605. The molecule has 0 aliphatic heterocycles. The molecule has 0 fully saturated rings. The number of hydrogen-bond donors (Lipinski definition) is 1. The highest BCUT2D eigenvalue weighted by Crippen LogP contribution is 2.54. The number of aliphatic hydroxyl groups is 1. The fourth-order valence-corrected chi connectivity index (χ4v) is 3.21. The first-order valence-corrected chi connectivity index (χ1v) is 5.68. The molecular formula is C10H13Cl3O3. The molecule has 0 spiro atoms. The number of ether oxygens (including phenoxy) is 2. The van der Waals surface area contributed by atoms with Gasteiger partial charge in [0.25, 0.3) is 0 Å². The molecule has 2 atom stereocenters. The first kappa shape index (κ1) is 14.3. The average molecular weight is 288 g/mol. The van der Waals surface area contributed by atoms with E-state index >= 15 is 0 Å². The number of aliphatic hydroxyl groups excluding tert-OH is 1. The Balaban J connectivity index is 3.34. The van der Waals surface area contributed by atoms with Gasteiger partial charge in [-0.3, -0.25) is 0 Å². The van der Waals surface area contributed by atoms with Crippen molar-refractivity contribution >= 4 is 34.8 Å². The van der Waals surface area contributed by atoms with Gasteiger partial charge in [-0.2, -0.15) is 0 Å². The van der Waals surface area contributed by atoms with E-state index in [2.05, 4.69) is 6.58 Å². The monoisotopic (exact) mass is 286 g/mol. The van der Waals surface area contributed by atoms with Crippen LogP contribution in [0.25, 0.3) is 0 Å². The van der Waals surface area contributed by atoms with Gasteiger partial charge in [-0.25, -0.2) is 0 Å². The molecule has 1 aliphatic rings. The molecule has 92 valence electrons. The molecule has 16 heavy (non-hydrogen) atoms. The third kappa shape index (κ3) is 1.62. The summed E-state index contributed by atoms with van der Waals surface area (Å²) in [5, 5.41) is 10.1. The summed E-state index contributed by atoms with van der Waals surface area (Å²) in [7, 11) is 2.77. The minimum absolute atomic E-state index is 0.0298. The van der Waals surface area contributed by atoms with Gasteiger partial charge in [0.05, 0.1) is 10.1 Å². The second kappa shape index (κ2) is 4.84. The Labute approximate surface area is 110 Å². The summed E-state index contributed by atoms with van der Waals surface area (Å²) in [5.74, 6) is -1.46. The van der Waals surface area contributed by atoms with E-state index in [0.29, 0.717) is 0 Å². The first-order chi connectivity index (χ1) is 7.41. The zero-order valence-electron chi connectivity index (χ0n) is 8.97. The molecule has 0 saturated carbocycles. The van der Waals surface area contributed by atoms with Crippen LogP contribution in [0.5, 0.6) is 0 Å². The molecule has 0 radical (unpaired) electrons. The van der Waals surface area contributed by atoms with Crippen LogP contribution in [0.15, 0.2) is 22.7 Å². The fraction of sp³-hybridized carbons (Fsp3) is 0.600. The van der Waals surface area contributed by atoms with Crippen molar-refractivity contribution in [2.45, 2.75) is 23.2 Å². The summed E-state index contributed by atoms with van der Waals surface area (Å²) in [6, 6.07) is 0. The Morgan fingerprint density at radius 2 is 1.94 bits per heavy atom. The van der Waals surface area contributed by atoms with Crippen LogP contribution in [-0.4, -0.2) is 36.1 Å². The lowest BCUT2D eigenvalue weighted by atomic mass is 9.93. The second-order valence-electron chi connectivity index (χ2n) is 3.44. The van der Waals surface area contributed by atoms with Crippen molar-refractivity contribution < 1.29 is 14.6 Å². The van der Waals surface area contributed by atoms with Crippen molar-refractivity contribution in [3.05, 3.63) is 22.7 Å². The number of rotatable bonds is 4. The Hall–Kier alpha value is 0.230. The number of hydrogen-bond acceptors (Lipinski definition) is 3. The van der Waals surface area contributed by atoms with Gasteiger partial charge in [0.2, 0.25) is 5.79 Å². The molecule has 1 N–H and O–H groups in total. The topological polar surface area (TPSA) is 38.7 Å². The van der Waals surface area contributed by atoms with Crippen molar-refractivity contribution in [1.82, 2.24) is 0 Å². The molecule has 0 heterocycles. The van der Waals surface area contributed by atoms with Gasteiger partial charge in [-0.05, 0) is 6.42 Å². The maximum absolute atomic E-state index is 10.0. The van der Waals surface area contributed by atoms with E-state index in [1.807, 2.05) is 0 Å². The van der Waals surface area contributed by atoms with Crippen LogP contribution in [0, 0.1) is 0 Å². The van der Waals surface area contributed by atoms with E-state index in [4.69, 9.17) is 44.3 Å². The van der Waals surface area contributed by atoms with Crippen LogP contribution in [0.4, 0.5) is 0 Å². The lowest BCUT2D eigenvalue weighted by molar-refractivity contribution is -0.201. The van der Waals surface area contributed by atoms with Gasteiger partial charge < -0.3 is 14.6 Å². The summed E-state index contributed by atoms with van der Waals surface area (Å²) >= 11 is 18.3. The Kier molecular flexibility index (Phi) is 4.33. The molecular weight excluding hydrogens is 274 g/mol. The zero-order valence-corrected chi connectivity index (χ0v) is 11.2. The molecule has 0 unspecified atom stereocenters. The van der Waals surface area contributed by atoms with Crippen LogP contribution in [0.1, 0.15) is 6.42 Å². The quantitative estimate of drug-likeness (QED) is 0.491. The summed E-state index contributed by atoms with van der Waals surface area (Å²) in [4.78, 5) is -1.31. The first-order valence-electron chi connectivity index (χ1n) is 4.55. The zero-order chi connectivity index (χ0) is 12.6. The highest BCUT2D eigenvalue weighted by Gasteiger charge is 2.64. The summed E-state index contributed by atoms with van der Waals surface area (Å²) < 4.78 is 10.5. The van der Waals surface area contributed by atoms with Crippen LogP contribution in [0.2, 0.25) is 0 Å². The fourth-order valence-electron chi connectivity index (χ4n) is 1.90. The maximum Gasteiger partial charge on any atom is 0.229 e. The van der Waals surface area contributed by atoms with Gasteiger partial charge >= 0.3 is 0 Å². The van der Waals surface area contributed by atoms with Gasteiger partial charge in [0, 0.05) is 14.2 Å². The van der Waals surface area contributed by atoms with Crippen molar-refractivity contribution in [3.8, 4) is 0 Å². The van der Waals surface area contributed by atoms with Crippen LogP contribution in [-0.2, 0) is 9.47 Å². The third-order valence-electron chi connectivity index (χ3n) is 2.74. The lowest BCUT2D eigenvalue weighted by Crippen LogP contribution is -2.55. The van der Waals surface area contributed by atoms with E-state index < -0.39 is 16.8 Å². The Bertz CT molecular complexity index is 325. The predicted octanol–water partition coefficient (Wildman–Crippen LogP) is 2.59. The number of halogens is 3. The molecule has 0 bridgehead atoms. The predicted molar refractivity (Wildman–Crippen MR) is 64.9 cm³/mol. The minimum atomic E-state index is -1.46. The van der Waals surface area contributed by atoms with E-state index in [1.165, 1.54) is 14.2 Å². The average Bonchev–Trinajstić information content (AvgIpc) is 2.41. The molecule has 0 aromatic heterocycles. The van der Waals surface area contributed by atoms with Crippen molar-refractivity contribution in [1.29, 1.82) is 0 Å². The second-order valence-corrected chi connectivity index (χ2v) is 4.90. The van der Waals surface area contributed by atoms with Gasteiger partial charge in [0.1, 0.15) is 11.0 Å². The molecule has 0 aromatic carbocycles. The van der Waals surface area contributed by atoms with E-state index in [0.717, 1.165) is 0 Å². The minimum Gasteiger partial charge on any atom is -0.385 e. The van der Waals surface area contributed by atoms with Crippen molar-refractivity contribution in [3.63, 3.8) is 0 Å². The summed E-state index contributed by atoms with van der Waals surface area (Å²) in [5.41, 5.74) is 0. The Morgan fingerprint density at radius 3 is 2.31 bits per heavy atom. The Morgan fingerprint density at radius 1 is 1.44 bits per heavy atom. The third-order valence-corrected chi connectivity index (χ3v) is 4.29. The SMILES string of the molecule is C=CC[C@]1(Cl)[C@@H](O)C(Cl)=C(Cl)C1(OC)OC. The number of alkyl halides is 1. The molecule has 6 heteroatoms. The highest BCUT2D eigenvalue weighted by molar-refractivity contribution is 6.43.